The Balaban J connectivity index is 1.89. The van der Waals surface area contributed by atoms with E-state index in [1.807, 2.05) is 24.4 Å². The fourth-order valence-corrected chi connectivity index (χ4v) is 4.22. The second-order valence-electron chi connectivity index (χ2n) is 6.42. The van der Waals surface area contributed by atoms with Gasteiger partial charge in [0.1, 0.15) is 16.5 Å². The fourth-order valence-electron chi connectivity index (χ4n) is 3.26. The first-order valence-electron chi connectivity index (χ1n) is 8.86. The van der Waals surface area contributed by atoms with Crippen LogP contribution in [0.4, 0.5) is 4.39 Å². The topological polar surface area (TPSA) is 58.7 Å². The summed E-state index contributed by atoms with van der Waals surface area (Å²) in [6.07, 6.45) is 0.618. The second kappa shape index (κ2) is 7.37. The average molecular weight is 389 g/mol. The molecular formula is C22H16FN3OS. The molecule has 0 radical (unpaired) electrons. The van der Waals surface area contributed by atoms with Crippen LogP contribution < -0.4 is 5.56 Å². The Hall–Kier alpha value is -3.30. The number of aromatic nitrogens is 2. The predicted octanol–water partition coefficient (Wildman–Crippen LogP) is 4.75. The van der Waals surface area contributed by atoms with Crippen LogP contribution in [0.2, 0.25) is 0 Å². The first kappa shape index (κ1) is 18.1. The number of hydrogen-bond donors (Lipinski definition) is 0. The molecule has 0 saturated carbocycles. The van der Waals surface area contributed by atoms with E-state index in [4.69, 9.17) is 10.2 Å². The van der Waals surface area contributed by atoms with Crippen molar-refractivity contribution in [2.24, 2.45) is 0 Å². The van der Waals surface area contributed by atoms with Crippen LogP contribution in [0.1, 0.15) is 23.9 Å². The lowest BCUT2D eigenvalue weighted by Gasteiger charge is -2.12. The molecule has 4 nitrogen and oxygen atoms in total. The number of hydrogen-bond acceptors (Lipinski definition) is 4. The van der Waals surface area contributed by atoms with E-state index in [0.29, 0.717) is 34.6 Å². The quantitative estimate of drug-likeness (QED) is 0.506. The van der Waals surface area contributed by atoms with Gasteiger partial charge in [0, 0.05) is 17.4 Å². The first-order valence-corrected chi connectivity index (χ1v) is 9.74. The molecule has 2 heterocycles. The first-order chi connectivity index (χ1) is 13.6. The maximum atomic E-state index is 13.4. The summed E-state index contributed by atoms with van der Waals surface area (Å²) in [6, 6.07) is 15.5. The smallest absolute Gasteiger partial charge is 0.263 e. The monoisotopic (exact) mass is 389 g/mol. The lowest BCUT2D eigenvalue weighted by Crippen LogP contribution is -2.25. The van der Waals surface area contributed by atoms with Crippen molar-refractivity contribution in [1.29, 1.82) is 5.26 Å². The van der Waals surface area contributed by atoms with Gasteiger partial charge in [-0.1, -0.05) is 31.2 Å². The number of aryl methyl sites for hydroxylation is 1. The molecule has 0 saturated heterocycles. The highest BCUT2D eigenvalue weighted by molar-refractivity contribution is 7.17. The molecule has 2 aromatic carbocycles. The highest BCUT2D eigenvalue weighted by Gasteiger charge is 2.17. The third-order valence-corrected chi connectivity index (χ3v) is 5.51. The third-order valence-electron chi connectivity index (χ3n) is 4.64. The SMILES string of the molecule is CCc1nc2scc(-c3ccc(F)cc3)c2c(=O)n1Cc1cccc(C#N)c1. The van der Waals surface area contributed by atoms with Crippen molar-refractivity contribution in [1.82, 2.24) is 9.55 Å². The molecule has 4 aromatic rings. The molecule has 28 heavy (non-hydrogen) atoms. The summed E-state index contributed by atoms with van der Waals surface area (Å²) < 4.78 is 15.0. The van der Waals surface area contributed by atoms with Crippen LogP contribution in [0.3, 0.4) is 0 Å². The van der Waals surface area contributed by atoms with E-state index in [-0.39, 0.29) is 11.4 Å². The van der Waals surface area contributed by atoms with Crippen molar-refractivity contribution < 1.29 is 4.39 Å². The van der Waals surface area contributed by atoms with Crippen LogP contribution >= 0.6 is 11.3 Å². The second-order valence-corrected chi connectivity index (χ2v) is 7.28. The molecule has 0 atom stereocenters. The van der Waals surface area contributed by atoms with Crippen molar-refractivity contribution in [3.8, 4) is 17.2 Å². The zero-order chi connectivity index (χ0) is 19.7. The summed E-state index contributed by atoms with van der Waals surface area (Å²) in [7, 11) is 0. The number of rotatable bonds is 4. The van der Waals surface area contributed by atoms with Crippen molar-refractivity contribution in [2.45, 2.75) is 19.9 Å². The Morgan fingerprint density at radius 2 is 2.00 bits per heavy atom. The minimum absolute atomic E-state index is 0.121. The largest absolute Gasteiger partial charge is 0.292 e. The molecule has 2 aromatic heterocycles. The molecule has 0 bridgehead atoms. The van der Waals surface area contributed by atoms with E-state index in [2.05, 4.69) is 6.07 Å². The molecule has 0 aliphatic carbocycles. The van der Waals surface area contributed by atoms with Gasteiger partial charge in [0.2, 0.25) is 0 Å². The number of halogens is 1. The van der Waals surface area contributed by atoms with Gasteiger partial charge in [-0.05, 0) is 35.4 Å². The van der Waals surface area contributed by atoms with E-state index in [9.17, 15) is 9.18 Å². The van der Waals surface area contributed by atoms with Crippen LogP contribution in [0.15, 0.2) is 58.7 Å². The Kier molecular flexibility index (Phi) is 4.76. The number of nitriles is 1. The zero-order valence-electron chi connectivity index (χ0n) is 15.1. The minimum atomic E-state index is -0.315. The predicted molar refractivity (Wildman–Crippen MR) is 109 cm³/mol. The van der Waals surface area contributed by atoms with Gasteiger partial charge in [-0.3, -0.25) is 9.36 Å². The lowest BCUT2D eigenvalue weighted by molar-refractivity contribution is 0.628. The van der Waals surface area contributed by atoms with E-state index in [0.717, 1.165) is 16.7 Å². The normalized spacial score (nSPS) is 10.9. The summed E-state index contributed by atoms with van der Waals surface area (Å²) in [5.41, 5.74) is 2.86. The Labute approximate surface area is 165 Å². The van der Waals surface area contributed by atoms with E-state index in [1.165, 1.54) is 23.5 Å². The van der Waals surface area contributed by atoms with Crippen molar-refractivity contribution in [2.75, 3.05) is 0 Å². The summed E-state index contributed by atoms with van der Waals surface area (Å²) in [5, 5.41) is 11.6. The maximum absolute atomic E-state index is 13.4. The molecule has 0 fully saturated rings. The summed E-state index contributed by atoms with van der Waals surface area (Å²) >= 11 is 1.42. The van der Waals surface area contributed by atoms with Crippen LogP contribution in [-0.4, -0.2) is 9.55 Å². The number of thiophene rings is 1. The van der Waals surface area contributed by atoms with Gasteiger partial charge in [-0.2, -0.15) is 5.26 Å². The molecule has 4 rings (SSSR count). The summed E-state index contributed by atoms with van der Waals surface area (Å²) in [5.74, 6) is 0.386. The molecule has 0 aliphatic rings. The summed E-state index contributed by atoms with van der Waals surface area (Å²) in [4.78, 5) is 18.8. The van der Waals surface area contributed by atoms with Gasteiger partial charge < -0.3 is 0 Å². The van der Waals surface area contributed by atoms with E-state index in [1.54, 1.807) is 28.8 Å². The average Bonchev–Trinajstić information content (AvgIpc) is 3.15. The van der Waals surface area contributed by atoms with E-state index < -0.39 is 0 Å². The van der Waals surface area contributed by atoms with Crippen LogP contribution in [-0.2, 0) is 13.0 Å². The van der Waals surface area contributed by atoms with Crippen molar-refractivity contribution >= 4 is 21.6 Å². The highest BCUT2D eigenvalue weighted by atomic mass is 32.1. The fraction of sp³-hybridized carbons (Fsp3) is 0.136. The maximum Gasteiger partial charge on any atom is 0.263 e. The van der Waals surface area contributed by atoms with Gasteiger partial charge in [-0.15, -0.1) is 11.3 Å². The molecule has 6 heteroatoms. The standard InChI is InChI=1S/C22H16FN3OS/c1-2-19-25-21-20(18(13-28-21)16-6-8-17(23)9-7-16)22(27)26(19)12-15-5-3-4-14(10-15)11-24/h3-10,13H,2,12H2,1H3. The Bertz CT molecular complexity index is 1270. The van der Waals surface area contributed by atoms with Gasteiger partial charge >= 0.3 is 0 Å². The highest BCUT2D eigenvalue weighted by Crippen LogP contribution is 2.31. The zero-order valence-corrected chi connectivity index (χ0v) is 16.0. The van der Waals surface area contributed by atoms with Gasteiger partial charge in [-0.25, -0.2) is 9.37 Å². The minimum Gasteiger partial charge on any atom is -0.292 e. The van der Waals surface area contributed by atoms with E-state index >= 15 is 0 Å². The molecule has 0 amide bonds. The lowest BCUT2D eigenvalue weighted by atomic mass is 10.1. The van der Waals surface area contributed by atoms with Gasteiger partial charge in [0.15, 0.2) is 0 Å². The Morgan fingerprint density at radius 1 is 1.21 bits per heavy atom. The Morgan fingerprint density at radius 3 is 2.71 bits per heavy atom. The number of nitrogens with zero attached hydrogens (tertiary/aromatic N) is 3. The number of fused-ring (bicyclic) bond motifs is 1. The molecule has 0 spiro atoms. The molecule has 0 N–H and O–H groups in total. The third kappa shape index (κ3) is 3.21. The van der Waals surface area contributed by atoms with Gasteiger partial charge in [0.25, 0.3) is 5.56 Å². The summed E-state index contributed by atoms with van der Waals surface area (Å²) in [6.45, 7) is 2.31. The molecule has 0 unspecified atom stereocenters. The molecule has 0 aliphatic heterocycles. The van der Waals surface area contributed by atoms with Crippen LogP contribution in [0, 0.1) is 17.1 Å². The van der Waals surface area contributed by atoms with Gasteiger partial charge in [0.05, 0.1) is 23.6 Å². The van der Waals surface area contributed by atoms with Crippen LogP contribution in [0.25, 0.3) is 21.3 Å². The van der Waals surface area contributed by atoms with Crippen molar-refractivity contribution in [3.63, 3.8) is 0 Å². The van der Waals surface area contributed by atoms with Crippen LogP contribution in [0.5, 0.6) is 0 Å². The van der Waals surface area contributed by atoms with Crippen molar-refractivity contribution in [3.05, 3.63) is 87.0 Å². The number of benzene rings is 2. The molecular weight excluding hydrogens is 373 g/mol. The molecule has 138 valence electrons.